The van der Waals surface area contributed by atoms with Crippen LogP contribution in [-0.2, 0) is 4.79 Å². The van der Waals surface area contributed by atoms with Crippen molar-refractivity contribution in [3.8, 4) is 0 Å². The van der Waals surface area contributed by atoms with Crippen LogP contribution in [0, 0.1) is 5.92 Å². The van der Waals surface area contributed by atoms with E-state index in [1.807, 2.05) is 18.2 Å². The molecule has 1 aromatic rings. The molecular formula is C17H25NO2S. The monoisotopic (exact) mass is 307 g/mol. The molecule has 0 spiro atoms. The number of carbonyl (C=O) groups is 1. The summed E-state index contributed by atoms with van der Waals surface area (Å²) < 4.78 is 0. The van der Waals surface area contributed by atoms with E-state index in [1.54, 1.807) is 11.8 Å². The summed E-state index contributed by atoms with van der Waals surface area (Å²) in [5, 5.41) is 12.7. The second-order valence-electron chi connectivity index (χ2n) is 6.08. The first-order chi connectivity index (χ1) is 10.1. The third kappa shape index (κ3) is 5.04. The number of nitrogens with one attached hydrogen (secondary N) is 1. The summed E-state index contributed by atoms with van der Waals surface area (Å²) in [5.41, 5.74) is -0.374. The molecule has 0 aliphatic heterocycles. The highest BCUT2D eigenvalue weighted by Crippen LogP contribution is 2.31. The van der Waals surface area contributed by atoms with Crippen LogP contribution in [0.2, 0.25) is 0 Å². The Morgan fingerprint density at radius 2 is 2.00 bits per heavy atom. The molecule has 1 saturated carbocycles. The van der Waals surface area contributed by atoms with Crippen molar-refractivity contribution in [2.24, 2.45) is 5.92 Å². The highest BCUT2D eigenvalue weighted by atomic mass is 32.2. The van der Waals surface area contributed by atoms with Gasteiger partial charge in [-0.05, 0) is 43.7 Å². The van der Waals surface area contributed by atoms with Crippen molar-refractivity contribution in [1.29, 1.82) is 0 Å². The van der Waals surface area contributed by atoms with E-state index in [0.29, 0.717) is 12.3 Å². The van der Waals surface area contributed by atoms with Gasteiger partial charge in [0.1, 0.15) is 0 Å². The molecule has 0 aromatic heterocycles. The number of aliphatic hydroxyl groups is 1. The molecule has 1 aliphatic carbocycles. The number of thioether (sulfide) groups is 1. The number of carbonyl (C=O) groups excluding carboxylic acids is 1. The molecule has 3 nitrogen and oxygen atoms in total. The Bertz CT molecular complexity index is 441. The van der Waals surface area contributed by atoms with Crippen LogP contribution in [0.3, 0.4) is 0 Å². The first-order valence-electron chi connectivity index (χ1n) is 7.73. The zero-order valence-electron chi connectivity index (χ0n) is 12.7. The summed E-state index contributed by atoms with van der Waals surface area (Å²) in [6, 6.07) is 10.1. The molecule has 2 N–H and O–H groups in total. The van der Waals surface area contributed by atoms with Crippen LogP contribution in [0.1, 0.15) is 39.0 Å². The van der Waals surface area contributed by atoms with Crippen LogP contribution in [0.15, 0.2) is 35.2 Å². The molecule has 2 rings (SSSR count). The maximum absolute atomic E-state index is 12.1. The second-order valence-corrected chi connectivity index (χ2v) is 7.25. The van der Waals surface area contributed by atoms with Crippen LogP contribution in [0.4, 0.5) is 0 Å². The molecule has 116 valence electrons. The summed E-state index contributed by atoms with van der Waals surface area (Å²) in [5.74, 6) is 1.53. The lowest BCUT2D eigenvalue weighted by Crippen LogP contribution is -2.53. The predicted molar refractivity (Wildman–Crippen MR) is 87.4 cm³/mol. The van der Waals surface area contributed by atoms with Gasteiger partial charge in [-0.2, -0.15) is 0 Å². The van der Waals surface area contributed by atoms with Gasteiger partial charge in [0, 0.05) is 17.1 Å². The Hall–Kier alpha value is -1.00. The molecule has 21 heavy (non-hydrogen) atoms. The summed E-state index contributed by atoms with van der Waals surface area (Å²) >= 11 is 1.69. The van der Waals surface area contributed by atoms with Crippen molar-refractivity contribution in [2.45, 2.75) is 49.5 Å². The molecule has 0 bridgehead atoms. The quantitative estimate of drug-likeness (QED) is 0.793. The van der Waals surface area contributed by atoms with Gasteiger partial charge in [0.2, 0.25) is 5.91 Å². The van der Waals surface area contributed by atoms with E-state index in [1.165, 1.54) is 4.90 Å². The van der Waals surface area contributed by atoms with Gasteiger partial charge >= 0.3 is 0 Å². The van der Waals surface area contributed by atoms with E-state index in [9.17, 15) is 9.90 Å². The van der Waals surface area contributed by atoms with Gasteiger partial charge < -0.3 is 10.4 Å². The third-order valence-electron chi connectivity index (χ3n) is 4.28. The number of hydrogen-bond acceptors (Lipinski definition) is 3. The molecule has 0 saturated heterocycles. The summed E-state index contributed by atoms with van der Waals surface area (Å²) in [6.45, 7) is 2.29. The van der Waals surface area contributed by atoms with E-state index >= 15 is 0 Å². The Kier molecular flexibility index (Phi) is 6.12. The van der Waals surface area contributed by atoms with Crippen LogP contribution < -0.4 is 5.32 Å². The minimum atomic E-state index is -0.374. The predicted octanol–water partition coefficient (Wildman–Crippen LogP) is 3.23. The van der Waals surface area contributed by atoms with E-state index in [-0.39, 0.29) is 18.1 Å². The van der Waals surface area contributed by atoms with Crippen LogP contribution in [0.25, 0.3) is 0 Å². The van der Waals surface area contributed by atoms with E-state index in [0.717, 1.165) is 31.4 Å². The Balaban J connectivity index is 1.75. The number of aliphatic hydroxyl groups excluding tert-OH is 1. The zero-order valence-corrected chi connectivity index (χ0v) is 13.5. The summed E-state index contributed by atoms with van der Waals surface area (Å²) in [7, 11) is 0. The molecule has 0 radical (unpaired) electrons. The first kappa shape index (κ1) is 16.4. The van der Waals surface area contributed by atoms with Gasteiger partial charge in [-0.3, -0.25) is 4.79 Å². The average Bonchev–Trinajstić information content (AvgIpc) is 2.51. The molecular weight excluding hydrogens is 282 g/mol. The van der Waals surface area contributed by atoms with Gasteiger partial charge in [0.15, 0.2) is 0 Å². The van der Waals surface area contributed by atoms with Crippen molar-refractivity contribution in [3.05, 3.63) is 30.3 Å². The maximum atomic E-state index is 12.1. The Labute approximate surface area is 131 Å². The SMILES string of the molecule is CC1CCC(CO)(NC(=O)CCSc2ccccc2)CC1. The van der Waals surface area contributed by atoms with Crippen LogP contribution >= 0.6 is 11.8 Å². The van der Waals surface area contributed by atoms with E-state index in [2.05, 4.69) is 24.4 Å². The maximum Gasteiger partial charge on any atom is 0.221 e. The van der Waals surface area contributed by atoms with Gasteiger partial charge in [0.05, 0.1) is 12.1 Å². The van der Waals surface area contributed by atoms with Crippen molar-refractivity contribution < 1.29 is 9.90 Å². The lowest BCUT2D eigenvalue weighted by Gasteiger charge is -2.38. The molecule has 1 aliphatic rings. The second kappa shape index (κ2) is 7.85. The van der Waals surface area contributed by atoms with Gasteiger partial charge in [-0.25, -0.2) is 0 Å². The molecule has 4 heteroatoms. The number of rotatable bonds is 6. The minimum absolute atomic E-state index is 0.0529. The zero-order chi connectivity index (χ0) is 15.1. The van der Waals surface area contributed by atoms with Gasteiger partial charge in [-0.15, -0.1) is 11.8 Å². The Morgan fingerprint density at radius 3 is 2.62 bits per heavy atom. The average molecular weight is 307 g/mol. The molecule has 1 fully saturated rings. The molecule has 0 heterocycles. The molecule has 1 amide bonds. The molecule has 0 atom stereocenters. The fourth-order valence-electron chi connectivity index (χ4n) is 2.77. The minimum Gasteiger partial charge on any atom is -0.394 e. The standard InChI is InChI=1S/C17H25NO2S/c1-14-7-10-17(13-19,11-8-14)18-16(20)9-12-21-15-5-3-2-4-6-15/h2-6,14,19H,7-13H2,1H3,(H,18,20). The molecule has 0 unspecified atom stereocenters. The van der Waals surface area contributed by atoms with Crippen molar-refractivity contribution in [2.75, 3.05) is 12.4 Å². The van der Waals surface area contributed by atoms with Crippen molar-refractivity contribution in [1.82, 2.24) is 5.32 Å². The topological polar surface area (TPSA) is 49.3 Å². The number of benzene rings is 1. The third-order valence-corrected chi connectivity index (χ3v) is 5.29. The van der Waals surface area contributed by atoms with Crippen LogP contribution in [-0.4, -0.2) is 28.9 Å². The fraction of sp³-hybridized carbons (Fsp3) is 0.588. The highest BCUT2D eigenvalue weighted by Gasteiger charge is 2.34. The molecule has 1 aromatic carbocycles. The summed E-state index contributed by atoms with van der Waals surface area (Å²) in [4.78, 5) is 13.3. The normalized spacial score (nSPS) is 25.5. The van der Waals surface area contributed by atoms with Gasteiger partial charge in [0.25, 0.3) is 0 Å². The first-order valence-corrected chi connectivity index (χ1v) is 8.72. The van der Waals surface area contributed by atoms with Crippen LogP contribution in [0.5, 0.6) is 0 Å². The lowest BCUT2D eigenvalue weighted by molar-refractivity contribution is -0.123. The van der Waals surface area contributed by atoms with E-state index < -0.39 is 0 Å². The smallest absolute Gasteiger partial charge is 0.221 e. The largest absolute Gasteiger partial charge is 0.394 e. The van der Waals surface area contributed by atoms with Crippen molar-refractivity contribution >= 4 is 17.7 Å². The summed E-state index contributed by atoms with van der Waals surface area (Å²) in [6.07, 6.45) is 4.44. The Morgan fingerprint density at radius 1 is 1.33 bits per heavy atom. The lowest BCUT2D eigenvalue weighted by atomic mass is 9.77. The van der Waals surface area contributed by atoms with Gasteiger partial charge in [-0.1, -0.05) is 25.1 Å². The fourth-order valence-corrected chi connectivity index (χ4v) is 3.65. The highest BCUT2D eigenvalue weighted by molar-refractivity contribution is 7.99. The number of hydrogen-bond donors (Lipinski definition) is 2. The number of amides is 1. The van der Waals surface area contributed by atoms with Crippen molar-refractivity contribution in [3.63, 3.8) is 0 Å². The van der Waals surface area contributed by atoms with E-state index in [4.69, 9.17) is 0 Å².